The molecular weight excluding hydrogens is 580 g/mol. The fraction of sp³-hybridized carbons (Fsp3) is 0.394. The van der Waals surface area contributed by atoms with Gasteiger partial charge in [-0.2, -0.15) is 0 Å². The molecule has 4 bridgehead atoms. The SMILES string of the molecule is CSc1ncccc1C(=O)N1CC[C@H]2OCc3cccc(c3)Oc3cc(OCC4CC4)cc(c3)C(=O)NCCC(=O)N[C@H]2C1. The number of benzene rings is 2. The van der Waals surface area contributed by atoms with Gasteiger partial charge in [0, 0.05) is 43.9 Å². The molecule has 0 unspecified atom stereocenters. The number of carbonyl (C=O) groups is 3. The van der Waals surface area contributed by atoms with E-state index in [2.05, 4.69) is 15.6 Å². The number of amides is 3. The molecule has 2 aromatic carbocycles. The highest BCUT2D eigenvalue weighted by atomic mass is 32.2. The summed E-state index contributed by atoms with van der Waals surface area (Å²) < 4.78 is 18.5. The minimum absolute atomic E-state index is 0.0736. The number of ether oxygens (including phenoxy) is 3. The lowest BCUT2D eigenvalue weighted by atomic mass is 10.0. The topological polar surface area (TPSA) is 119 Å². The summed E-state index contributed by atoms with van der Waals surface area (Å²) in [5.41, 5.74) is 1.83. The number of fused-ring (bicyclic) bond motifs is 5. The van der Waals surface area contributed by atoms with Crippen LogP contribution in [-0.4, -0.2) is 72.2 Å². The van der Waals surface area contributed by atoms with Crippen molar-refractivity contribution in [1.82, 2.24) is 20.5 Å². The molecule has 11 heteroatoms. The van der Waals surface area contributed by atoms with Crippen LogP contribution in [0.3, 0.4) is 0 Å². The van der Waals surface area contributed by atoms with Crippen LogP contribution in [0.5, 0.6) is 17.2 Å². The van der Waals surface area contributed by atoms with E-state index < -0.39 is 6.04 Å². The van der Waals surface area contributed by atoms with Crippen LogP contribution in [0.25, 0.3) is 0 Å². The predicted octanol–water partition coefficient (Wildman–Crippen LogP) is 4.43. The molecule has 3 aliphatic rings. The second kappa shape index (κ2) is 13.7. The smallest absolute Gasteiger partial charge is 0.256 e. The maximum Gasteiger partial charge on any atom is 0.256 e. The summed E-state index contributed by atoms with van der Waals surface area (Å²) in [6, 6.07) is 15.9. The summed E-state index contributed by atoms with van der Waals surface area (Å²) >= 11 is 1.42. The van der Waals surface area contributed by atoms with Gasteiger partial charge >= 0.3 is 0 Å². The number of thioether (sulfide) groups is 1. The molecule has 230 valence electrons. The van der Waals surface area contributed by atoms with Crippen molar-refractivity contribution in [3.8, 4) is 17.2 Å². The van der Waals surface area contributed by atoms with Crippen molar-refractivity contribution in [3.05, 3.63) is 77.5 Å². The zero-order valence-electron chi connectivity index (χ0n) is 24.6. The molecule has 1 saturated heterocycles. The minimum Gasteiger partial charge on any atom is -0.493 e. The zero-order chi connectivity index (χ0) is 30.5. The van der Waals surface area contributed by atoms with Crippen molar-refractivity contribution >= 4 is 29.5 Å². The van der Waals surface area contributed by atoms with E-state index in [0.29, 0.717) is 72.0 Å². The van der Waals surface area contributed by atoms with Crippen molar-refractivity contribution in [2.75, 3.05) is 32.5 Å². The lowest BCUT2D eigenvalue weighted by Gasteiger charge is -2.39. The number of piperidine rings is 1. The van der Waals surface area contributed by atoms with Gasteiger partial charge < -0.3 is 29.7 Å². The van der Waals surface area contributed by atoms with E-state index >= 15 is 0 Å². The number of nitrogens with zero attached hydrogens (tertiary/aromatic N) is 2. The first-order valence-corrected chi connectivity index (χ1v) is 16.2. The summed E-state index contributed by atoms with van der Waals surface area (Å²) in [6.07, 6.45) is 6.18. The van der Waals surface area contributed by atoms with Gasteiger partial charge in [0.1, 0.15) is 22.3 Å². The Bertz CT molecular complexity index is 1530. The van der Waals surface area contributed by atoms with Crippen LogP contribution in [0.2, 0.25) is 0 Å². The lowest BCUT2D eigenvalue weighted by molar-refractivity contribution is -0.124. The number of hydrogen-bond acceptors (Lipinski definition) is 8. The van der Waals surface area contributed by atoms with Gasteiger partial charge in [-0.1, -0.05) is 12.1 Å². The summed E-state index contributed by atoms with van der Waals surface area (Å²) in [5, 5.41) is 6.58. The molecule has 2 N–H and O–H groups in total. The fourth-order valence-electron chi connectivity index (χ4n) is 5.39. The molecule has 2 fully saturated rings. The first-order valence-electron chi connectivity index (χ1n) is 15.0. The normalized spacial score (nSPS) is 20.8. The van der Waals surface area contributed by atoms with Crippen molar-refractivity contribution in [1.29, 1.82) is 0 Å². The molecule has 1 aliphatic carbocycles. The molecular formula is C33H36N4O6S. The Morgan fingerprint density at radius 2 is 1.98 bits per heavy atom. The van der Waals surface area contributed by atoms with Gasteiger partial charge in [0.2, 0.25) is 5.91 Å². The van der Waals surface area contributed by atoms with Crippen LogP contribution in [-0.2, 0) is 16.1 Å². The summed E-state index contributed by atoms with van der Waals surface area (Å²) in [4.78, 5) is 45.8. The van der Waals surface area contributed by atoms with Crippen molar-refractivity contribution in [2.24, 2.45) is 5.92 Å². The number of aromatic nitrogens is 1. The molecule has 6 rings (SSSR count). The largest absolute Gasteiger partial charge is 0.493 e. The highest BCUT2D eigenvalue weighted by Gasteiger charge is 2.34. The zero-order valence-corrected chi connectivity index (χ0v) is 25.4. The third-order valence-corrected chi connectivity index (χ3v) is 8.65. The molecule has 0 spiro atoms. The average Bonchev–Trinajstić information content (AvgIpc) is 3.87. The molecule has 0 radical (unpaired) electrons. The van der Waals surface area contributed by atoms with Gasteiger partial charge in [-0.3, -0.25) is 14.4 Å². The molecule has 1 saturated carbocycles. The summed E-state index contributed by atoms with van der Waals surface area (Å²) in [7, 11) is 0. The van der Waals surface area contributed by atoms with E-state index in [-0.39, 0.29) is 36.8 Å². The Kier molecular flexibility index (Phi) is 9.32. The molecule has 3 aromatic rings. The minimum atomic E-state index is -0.429. The van der Waals surface area contributed by atoms with Crippen molar-refractivity contribution in [3.63, 3.8) is 0 Å². The number of rotatable bonds is 5. The molecule has 1 aromatic heterocycles. The quantitative estimate of drug-likeness (QED) is 0.404. The number of nitrogens with one attached hydrogen (secondary N) is 2. The van der Waals surface area contributed by atoms with Gasteiger partial charge in [-0.05, 0) is 73.4 Å². The molecule has 10 nitrogen and oxygen atoms in total. The van der Waals surface area contributed by atoms with Gasteiger partial charge in [0.15, 0.2) is 0 Å². The first kappa shape index (κ1) is 30.0. The van der Waals surface area contributed by atoms with E-state index in [4.69, 9.17) is 14.2 Å². The van der Waals surface area contributed by atoms with Gasteiger partial charge in [-0.15, -0.1) is 11.8 Å². The Morgan fingerprint density at radius 1 is 1.09 bits per heavy atom. The van der Waals surface area contributed by atoms with Crippen LogP contribution >= 0.6 is 11.8 Å². The van der Waals surface area contributed by atoms with Crippen LogP contribution in [0, 0.1) is 5.92 Å². The fourth-order valence-corrected chi connectivity index (χ4v) is 5.93. The van der Waals surface area contributed by atoms with E-state index in [1.807, 2.05) is 30.5 Å². The van der Waals surface area contributed by atoms with Crippen LogP contribution in [0.15, 0.2) is 65.8 Å². The van der Waals surface area contributed by atoms with Crippen molar-refractivity contribution < 1.29 is 28.6 Å². The lowest BCUT2D eigenvalue weighted by Crippen LogP contribution is -2.57. The number of hydrogen-bond donors (Lipinski definition) is 2. The Hall–Kier alpha value is -4.09. The Morgan fingerprint density at radius 3 is 2.82 bits per heavy atom. The van der Waals surface area contributed by atoms with E-state index in [0.717, 1.165) is 18.4 Å². The van der Waals surface area contributed by atoms with E-state index in [1.54, 1.807) is 41.4 Å². The number of carbonyl (C=O) groups excluding carboxylic acids is 3. The van der Waals surface area contributed by atoms with Gasteiger partial charge in [-0.25, -0.2) is 4.98 Å². The number of likely N-dealkylation sites (tertiary alicyclic amines) is 1. The molecule has 3 heterocycles. The highest BCUT2D eigenvalue weighted by Crippen LogP contribution is 2.32. The highest BCUT2D eigenvalue weighted by molar-refractivity contribution is 7.98. The van der Waals surface area contributed by atoms with Crippen LogP contribution < -0.4 is 20.1 Å². The van der Waals surface area contributed by atoms with Gasteiger partial charge in [0.25, 0.3) is 11.8 Å². The van der Waals surface area contributed by atoms with Gasteiger partial charge in [0.05, 0.1) is 30.9 Å². The summed E-state index contributed by atoms with van der Waals surface area (Å²) in [6.45, 7) is 1.82. The Labute approximate surface area is 260 Å². The maximum atomic E-state index is 13.5. The average molecular weight is 617 g/mol. The first-order chi connectivity index (χ1) is 21.4. The standard InChI is InChI=1S/C33H36N4O6S/c1-44-32-27(6-3-11-35-32)33(40)37-13-10-29-28(18-37)36-30(38)9-12-34-31(39)23-15-25(41-19-21-7-8-21)17-26(16-23)43-24-5-2-4-22(14-24)20-42-29/h2-6,11,14-17,21,28-29H,7-10,12-13,18-20H2,1H3,(H,34,39)(H,36,38)/t28-,29+/m0/s1. The van der Waals surface area contributed by atoms with Crippen LogP contribution in [0.4, 0.5) is 0 Å². The van der Waals surface area contributed by atoms with E-state index in [1.165, 1.54) is 11.8 Å². The molecule has 2 aliphatic heterocycles. The molecule has 2 atom stereocenters. The number of pyridine rings is 1. The van der Waals surface area contributed by atoms with Crippen molar-refractivity contribution in [2.45, 2.75) is 49.5 Å². The maximum absolute atomic E-state index is 13.5. The third kappa shape index (κ3) is 7.51. The predicted molar refractivity (Wildman–Crippen MR) is 165 cm³/mol. The Balaban J connectivity index is 1.21. The second-order valence-electron chi connectivity index (χ2n) is 11.3. The molecule has 44 heavy (non-hydrogen) atoms. The monoisotopic (exact) mass is 616 g/mol. The second-order valence-corrected chi connectivity index (χ2v) is 12.1. The third-order valence-electron chi connectivity index (χ3n) is 7.94. The van der Waals surface area contributed by atoms with Crippen LogP contribution in [0.1, 0.15) is 52.0 Å². The van der Waals surface area contributed by atoms with E-state index in [9.17, 15) is 14.4 Å². The summed E-state index contributed by atoms with van der Waals surface area (Å²) in [5.74, 6) is 1.52. The molecule has 3 amide bonds.